The number of fused-ring (bicyclic) bond motifs is 3. The van der Waals surface area contributed by atoms with Gasteiger partial charge in [0, 0.05) is 12.0 Å². The van der Waals surface area contributed by atoms with Gasteiger partial charge < -0.3 is 10.4 Å². The van der Waals surface area contributed by atoms with Crippen LogP contribution in [0.2, 0.25) is 5.02 Å². The summed E-state index contributed by atoms with van der Waals surface area (Å²) in [5, 5.41) is 25.2. The molecule has 0 bridgehead atoms. The van der Waals surface area contributed by atoms with Gasteiger partial charge in [-0.25, -0.2) is 0 Å². The van der Waals surface area contributed by atoms with Crippen molar-refractivity contribution in [3.63, 3.8) is 0 Å². The van der Waals surface area contributed by atoms with E-state index in [1.807, 2.05) is 42.5 Å². The molecule has 2 N–H and O–H groups in total. The van der Waals surface area contributed by atoms with E-state index in [4.69, 9.17) is 11.6 Å². The van der Waals surface area contributed by atoms with E-state index in [2.05, 4.69) is 5.32 Å². The minimum absolute atomic E-state index is 0.0228. The molecule has 1 aliphatic carbocycles. The highest BCUT2D eigenvalue weighted by molar-refractivity contribution is 6.33. The number of rotatable bonds is 2. The standard InChI is InChI=1S/C18H15ClN2O3/c19-13-9-14(22)17-15(18(13)21(23)24)11-7-4-8-12(11)16(20-17)10-5-2-1-3-6-10/h1-7,9,11-12,16,20,22H,8H2/t11-,12+,16+/m0/s1. The van der Waals surface area contributed by atoms with Crippen LogP contribution in [-0.4, -0.2) is 10.0 Å². The van der Waals surface area contributed by atoms with Crippen molar-refractivity contribution in [2.45, 2.75) is 18.4 Å². The Bertz CT molecular complexity index is 851. The number of hydrogen-bond acceptors (Lipinski definition) is 4. The summed E-state index contributed by atoms with van der Waals surface area (Å²) < 4.78 is 0. The van der Waals surface area contributed by atoms with Crippen LogP contribution in [0.4, 0.5) is 11.4 Å². The monoisotopic (exact) mass is 342 g/mol. The van der Waals surface area contributed by atoms with E-state index in [0.717, 1.165) is 12.0 Å². The number of halogens is 1. The van der Waals surface area contributed by atoms with Gasteiger partial charge in [0.15, 0.2) is 0 Å². The maximum absolute atomic E-state index is 11.5. The van der Waals surface area contributed by atoms with Gasteiger partial charge in [0.25, 0.3) is 5.69 Å². The summed E-state index contributed by atoms with van der Waals surface area (Å²) in [6.07, 6.45) is 4.86. The van der Waals surface area contributed by atoms with E-state index in [-0.39, 0.29) is 34.3 Å². The number of nitro groups is 1. The van der Waals surface area contributed by atoms with Crippen LogP contribution in [0.3, 0.4) is 0 Å². The zero-order valence-electron chi connectivity index (χ0n) is 12.6. The molecule has 4 rings (SSSR count). The Morgan fingerprint density at radius 2 is 2.04 bits per heavy atom. The fourth-order valence-corrected chi connectivity index (χ4v) is 4.16. The quantitative estimate of drug-likeness (QED) is 0.356. The average molecular weight is 343 g/mol. The molecule has 0 spiro atoms. The van der Waals surface area contributed by atoms with Crippen LogP contribution in [0.25, 0.3) is 0 Å². The highest BCUT2D eigenvalue weighted by Gasteiger charge is 2.43. The molecule has 1 aliphatic heterocycles. The summed E-state index contributed by atoms with van der Waals surface area (Å²) in [6.45, 7) is 0. The van der Waals surface area contributed by atoms with E-state index < -0.39 is 4.92 Å². The van der Waals surface area contributed by atoms with Crippen molar-refractivity contribution < 1.29 is 10.0 Å². The molecule has 122 valence electrons. The van der Waals surface area contributed by atoms with Gasteiger partial charge >= 0.3 is 0 Å². The molecular weight excluding hydrogens is 328 g/mol. The number of allylic oxidation sites excluding steroid dienone is 2. The first-order chi connectivity index (χ1) is 11.6. The lowest BCUT2D eigenvalue weighted by molar-refractivity contribution is -0.385. The topological polar surface area (TPSA) is 75.4 Å². The second-order valence-electron chi connectivity index (χ2n) is 6.16. The minimum Gasteiger partial charge on any atom is -0.506 e. The lowest BCUT2D eigenvalue weighted by atomic mass is 9.76. The van der Waals surface area contributed by atoms with Gasteiger partial charge in [0.05, 0.1) is 22.2 Å². The first-order valence-electron chi connectivity index (χ1n) is 7.76. The molecule has 6 heteroatoms. The zero-order chi connectivity index (χ0) is 16.8. The van der Waals surface area contributed by atoms with Gasteiger partial charge in [-0.05, 0) is 17.9 Å². The summed E-state index contributed by atoms with van der Waals surface area (Å²) in [5.41, 5.74) is 1.87. The first kappa shape index (κ1) is 15.0. The van der Waals surface area contributed by atoms with Crippen molar-refractivity contribution in [2.24, 2.45) is 5.92 Å². The van der Waals surface area contributed by atoms with Crippen LogP contribution in [0, 0.1) is 16.0 Å². The molecule has 2 aromatic rings. The molecule has 1 heterocycles. The third-order valence-electron chi connectivity index (χ3n) is 4.89. The Balaban J connectivity index is 1.92. The highest BCUT2D eigenvalue weighted by atomic mass is 35.5. The smallest absolute Gasteiger partial charge is 0.293 e. The molecule has 0 radical (unpaired) electrons. The number of benzene rings is 2. The minimum atomic E-state index is -0.464. The van der Waals surface area contributed by atoms with E-state index in [0.29, 0.717) is 11.3 Å². The number of anilines is 1. The molecule has 3 atom stereocenters. The molecule has 0 aromatic heterocycles. The molecular formula is C18H15ClN2O3. The molecule has 0 saturated carbocycles. The molecule has 5 nitrogen and oxygen atoms in total. The second kappa shape index (κ2) is 5.53. The van der Waals surface area contributed by atoms with E-state index in [1.54, 1.807) is 0 Å². The molecule has 0 unspecified atom stereocenters. The van der Waals surface area contributed by atoms with E-state index in [9.17, 15) is 15.2 Å². The second-order valence-corrected chi connectivity index (χ2v) is 6.57. The Hall–Kier alpha value is -2.53. The lowest BCUT2D eigenvalue weighted by Gasteiger charge is -2.37. The lowest BCUT2D eigenvalue weighted by Crippen LogP contribution is -2.29. The molecule has 0 saturated heterocycles. The first-order valence-corrected chi connectivity index (χ1v) is 8.13. The van der Waals surface area contributed by atoms with Crippen molar-refractivity contribution >= 4 is 23.0 Å². The van der Waals surface area contributed by atoms with E-state index in [1.165, 1.54) is 6.07 Å². The molecule has 24 heavy (non-hydrogen) atoms. The summed E-state index contributed by atoms with van der Waals surface area (Å²) >= 11 is 6.05. The van der Waals surface area contributed by atoms with Crippen molar-refractivity contribution in [3.8, 4) is 5.75 Å². The molecule has 2 aromatic carbocycles. The molecule has 0 amide bonds. The Labute approximate surface area is 143 Å². The highest BCUT2D eigenvalue weighted by Crippen LogP contribution is 2.56. The number of hydrogen-bond donors (Lipinski definition) is 2. The summed E-state index contributed by atoms with van der Waals surface area (Å²) in [5.74, 6) is -0.0480. The van der Waals surface area contributed by atoms with Crippen molar-refractivity contribution in [1.29, 1.82) is 0 Å². The van der Waals surface area contributed by atoms with Gasteiger partial charge in [-0.3, -0.25) is 10.1 Å². The van der Waals surface area contributed by atoms with Gasteiger partial charge in [-0.15, -0.1) is 0 Å². The number of phenolic OH excluding ortho intramolecular Hbond substituents is 1. The number of aromatic hydroxyl groups is 1. The fourth-order valence-electron chi connectivity index (χ4n) is 3.89. The number of nitro benzene ring substituents is 1. The number of nitrogens with one attached hydrogen (secondary N) is 1. The third-order valence-corrected chi connectivity index (χ3v) is 5.17. The summed E-state index contributed by atoms with van der Waals surface area (Å²) in [4.78, 5) is 11.1. The number of nitrogens with zero attached hydrogens (tertiary/aromatic N) is 1. The predicted molar refractivity (Wildman–Crippen MR) is 92.6 cm³/mol. The van der Waals surface area contributed by atoms with Crippen molar-refractivity contribution in [3.05, 3.63) is 74.8 Å². The van der Waals surface area contributed by atoms with Gasteiger partial charge in [0.2, 0.25) is 0 Å². The van der Waals surface area contributed by atoms with Crippen LogP contribution in [-0.2, 0) is 0 Å². The zero-order valence-corrected chi connectivity index (χ0v) is 13.4. The van der Waals surface area contributed by atoms with E-state index >= 15 is 0 Å². The van der Waals surface area contributed by atoms with Crippen molar-refractivity contribution in [1.82, 2.24) is 0 Å². The van der Waals surface area contributed by atoms with Gasteiger partial charge in [-0.1, -0.05) is 54.1 Å². The van der Waals surface area contributed by atoms with Gasteiger partial charge in [0.1, 0.15) is 10.8 Å². The van der Waals surface area contributed by atoms with Crippen LogP contribution >= 0.6 is 11.6 Å². The predicted octanol–water partition coefficient (Wildman–Crippen LogP) is 4.78. The Morgan fingerprint density at radius 3 is 2.75 bits per heavy atom. The van der Waals surface area contributed by atoms with Gasteiger partial charge in [-0.2, -0.15) is 0 Å². The average Bonchev–Trinajstić information content (AvgIpc) is 3.04. The largest absolute Gasteiger partial charge is 0.506 e. The number of phenols is 1. The third kappa shape index (κ3) is 2.16. The van der Waals surface area contributed by atoms with Crippen LogP contribution in [0.5, 0.6) is 5.75 Å². The maximum Gasteiger partial charge on any atom is 0.293 e. The Kier molecular flexibility index (Phi) is 3.46. The fraction of sp³-hybridized carbons (Fsp3) is 0.222. The summed E-state index contributed by atoms with van der Waals surface area (Å²) in [6, 6.07) is 11.2. The maximum atomic E-state index is 11.5. The SMILES string of the molecule is O=[N+]([O-])c1c(Cl)cc(O)c2c1[C@H]1C=CC[C@H]1[C@@H](c1ccccc1)N2. The summed E-state index contributed by atoms with van der Waals surface area (Å²) in [7, 11) is 0. The van der Waals surface area contributed by atoms with Crippen LogP contribution < -0.4 is 5.32 Å². The normalized spacial score (nSPS) is 24.1. The molecule has 2 aliphatic rings. The molecule has 0 fully saturated rings. The Morgan fingerprint density at radius 1 is 1.29 bits per heavy atom. The van der Waals surface area contributed by atoms with Crippen LogP contribution in [0.15, 0.2) is 48.6 Å². The van der Waals surface area contributed by atoms with Crippen molar-refractivity contribution in [2.75, 3.05) is 5.32 Å². The van der Waals surface area contributed by atoms with Crippen LogP contribution in [0.1, 0.15) is 29.5 Å².